The van der Waals surface area contributed by atoms with Gasteiger partial charge in [-0.1, -0.05) is 24.3 Å². The van der Waals surface area contributed by atoms with Crippen molar-refractivity contribution in [2.75, 3.05) is 16.5 Å². The Kier molecular flexibility index (Phi) is 4.43. The number of amides is 1. The molecule has 2 aromatic carbocycles. The quantitative estimate of drug-likeness (QED) is 0.646. The van der Waals surface area contributed by atoms with Gasteiger partial charge in [-0.2, -0.15) is 0 Å². The number of aryl methyl sites for hydroxylation is 1. The van der Waals surface area contributed by atoms with Crippen molar-refractivity contribution in [1.82, 2.24) is 4.98 Å². The molecule has 2 heterocycles. The highest BCUT2D eigenvalue weighted by atomic mass is 16.5. The number of hydrogen-bond acceptors (Lipinski definition) is 4. The van der Waals surface area contributed by atoms with Crippen LogP contribution in [-0.4, -0.2) is 23.6 Å². The molecule has 3 aromatic rings. The maximum absolute atomic E-state index is 13.4. The zero-order valence-corrected chi connectivity index (χ0v) is 16.4. The van der Waals surface area contributed by atoms with Gasteiger partial charge >= 0.3 is 0 Å². The van der Waals surface area contributed by atoms with E-state index in [0.29, 0.717) is 30.6 Å². The summed E-state index contributed by atoms with van der Waals surface area (Å²) in [5.74, 6) is 0.708. The van der Waals surface area contributed by atoms with Crippen LogP contribution >= 0.6 is 0 Å². The Morgan fingerprint density at radius 3 is 2.62 bits per heavy atom. The third kappa shape index (κ3) is 3.44. The molecule has 0 unspecified atom stereocenters. The summed E-state index contributed by atoms with van der Waals surface area (Å²) in [6.07, 6.45) is 4.10. The minimum absolute atomic E-state index is 0.0227. The number of carbonyl (C=O) groups is 1. The molecular formula is C24H23N3O2. The van der Waals surface area contributed by atoms with Gasteiger partial charge in [-0.05, 0) is 61.7 Å². The standard InChI is InChI=1S/C24H23N3O2/c1-17-6-2-3-8-22(17)27-16-26(19-9-10-19)23-12-11-20(14-21(23)24(27)28)29-15-18-7-4-5-13-25-18/h2-8,11-14,19H,9-10,15-16H2,1H3. The molecule has 1 aromatic heterocycles. The molecule has 0 N–H and O–H groups in total. The Balaban J connectivity index is 1.47. The van der Waals surface area contributed by atoms with E-state index in [1.54, 1.807) is 6.20 Å². The van der Waals surface area contributed by atoms with Gasteiger partial charge in [0.2, 0.25) is 0 Å². The zero-order valence-electron chi connectivity index (χ0n) is 16.4. The lowest BCUT2D eigenvalue weighted by Gasteiger charge is -2.39. The number of anilines is 2. The van der Waals surface area contributed by atoms with Gasteiger partial charge in [0.1, 0.15) is 12.4 Å². The molecule has 1 aliphatic carbocycles. The Hall–Kier alpha value is -3.34. The van der Waals surface area contributed by atoms with Crippen molar-refractivity contribution in [2.24, 2.45) is 0 Å². The lowest BCUT2D eigenvalue weighted by Crippen LogP contribution is -2.48. The van der Waals surface area contributed by atoms with Crippen molar-refractivity contribution in [2.45, 2.75) is 32.4 Å². The van der Waals surface area contributed by atoms with Crippen LogP contribution in [0, 0.1) is 6.92 Å². The second-order valence-corrected chi connectivity index (χ2v) is 7.65. The topological polar surface area (TPSA) is 45.7 Å². The zero-order chi connectivity index (χ0) is 19.8. The molecule has 1 fully saturated rings. The molecular weight excluding hydrogens is 362 g/mol. The number of ether oxygens (including phenoxy) is 1. The first-order chi connectivity index (χ1) is 14.2. The molecule has 1 amide bonds. The highest BCUT2D eigenvalue weighted by Gasteiger charge is 2.38. The second-order valence-electron chi connectivity index (χ2n) is 7.65. The normalized spacial score (nSPS) is 16.0. The predicted molar refractivity (Wildman–Crippen MR) is 113 cm³/mol. The molecule has 5 nitrogen and oxygen atoms in total. The third-order valence-electron chi connectivity index (χ3n) is 5.55. The molecule has 1 aliphatic heterocycles. The summed E-state index contributed by atoms with van der Waals surface area (Å²) in [6.45, 7) is 3.02. The van der Waals surface area contributed by atoms with Gasteiger partial charge in [-0.3, -0.25) is 14.7 Å². The van der Waals surface area contributed by atoms with Crippen LogP contribution in [0.3, 0.4) is 0 Å². The number of carbonyl (C=O) groups excluding carboxylic acids is 1. The summed E-state index contributed by atoms with van der Waals surface area (Å²) in [6, 6.07) is 20.2. The average molecular weight is 385 g/mol. The van der Waals surface area contributed by atoms with Crippen LogP contribution < -0.4 is 14.5 Å². The van der Waals surface area contributed by atoms with Crippen LogP contribution in [0.2, 0.25) is 0 Å². The van der Waals surface area contributed by atoms with Gasteiger partial charge < -0.3 is 9.64 Å². The number of hydrogen-bond donors (Lipinski definition) is 0. The molecule has 0 bridgehead atoms. The van der Waals surface area contributed by atoms with Crippen molar-refractivity contribution < 1.29 is 9.53 Å². The van der Waals surface area contributed by atoms with Gasteiger partial charge in [0, 0.05) is 17.9 Å². The van der Waals surface area contributed by atoms with E-state index in [0.717, 1.165) is 22.6 Å². The van der Waals surface area contributed by atoms with E-state index in [1.807, 2.05) is 72.5 Å². The van der Waals surface area contributed by atoms with Crippen LogP contribution in [0.5, 0.6) is 5.75 Å². The van der Waals surface area contributed by atoms with E-state index in [9.17, 15) is 4.79 Å². The van der Waals surface area contributed by atoms with Crippen LogP contribution in [-0.2, 0) is 6.61 Å². The lowest BCUT2D eigenvalue weighted by molar-refractivity contribution is 0.0981. The minimum Gasteiger partial charge on any atom is -0.487 e. The maximum Gasteiger partial charge on any atom is 0.262 e. The van der Waals surface area contributed by atoms with Crippen molar-refractivity contribution in [3.05, 3.63) is 83.7 Å². The molecule has 29 heavy (non-hydrogen) atoms. The maximum atomic E-state index is 13.4. The third-order valence-corrected chi connectivity index (χ3v) is 5.55. The van der Waals surface area contributed by atoms with E-state index >= 15 is 0 Å². The fourth-order valence-electron chi connectivity index (χ4n) is 3.86. The number of aromatic nitrogens is 1. The summed E-state index contributed by atoms with van der Waals surface area (Å²) >= 11 is 0. The fraction of sp³-hybridized carbons (Fsp3) is 0.250. The van der Waals surface area contributed by atoms with Crippen LogP contribution in [0.15, 0.2) is 66.9 Å². The number of fused-ring (bicyclic) bond motifs is 1. The van der Waals surface area contributed by atoms with Gasteiger partial charge in [-0.15, -0.1) is 0 Å². The number of rotatable bonds is 5. The van der Waals surface area contributed by atoms with Crippen molar-refractivity contribution in [3.8, 4) is 5.75 Å². The van der Waals surface area contributed by atoms with E-state index < -0.39 is 0 Å². The van der Waals surface area contributed by atoms with E-state index in [4.69, 9.17) is 4.74 Å². The average Bonchev–Trinajstić information content (AvgIpc) is 3.59. The fourth-order valence-corrected chi connectivity index (χ4v) is 3.86. The Bertz CT molecular complexity index is 1050. The summed E-state index contributed by atoms with van der Waals surface area (Å²) in [4.78, 5) is 21.9. The lowest BCUT2D eigenvalue weighted by atomic mass is 10.1. The van der Waals surface area contributed by atoms with Gasteiger partial charge in [-0.25, -0.2) is 0 Å². The molecule has 0 saturated heterocycles. The first-order valence-corrected chi connectivity index (χ1v) is 10.0. The first kappa shape index (κ1) is 17.7. The summed E-state index contributed by atoms with van der Waals surface area (Å²) < 4.78 is 5.93. The van der Waals surface area contributed by atoms with E-state index in [2.05, 4.69) is 9.88 Å². The highest BCUT2D eigenvalue weighted by Crippen LogP contribution is 2.40. The number of para-hydroxylation sites is 1. The first-order valence-electron chi connectivity index (χ1n) is 10.0. The van der Waals surface area contributed by atoms with E-state index in [-0.39, 0.29) is 5.91 Å². The predicted octanol–water partition coefficient (Wildman–Crippen LogP) is 4.56. The van der Waals surface area contributed by atoms with Crippen molar-refractivity contribution in [1.29, 1.82) is 0 Å². The Morgan fingerprint density at radius 2 is 1.86 bits per heavy atom. The van der Waals surface area contributed by atoms with Crippen molar-refractivity contribution in [3.63, 3.8) is 0 Å². The molecule has 146 valence electrons. The van der Waals surface area contributed by atoms with Gasteiger partial charge in [0.25, 0.3) is 5.91 Å². The SMILES string of the molecule is Cc1ccccc1N1CN(C2CC2)c2ccc(OCc3ccccn3)cc2C1=O. The minimum atomic E-state index is 0.0227. The highest BCUT2D eigenvalue weighted by molar-refractivity contribution is 6.12. The van der Waals surface area contributed by atoms with Gasteiger partial charge in [0.05, 0.1) is 23.6 Å². The van der Waals surface area contributed by atoms with Crippen LogP contribution in [0.4, 0.5) is 11.4 Å². The van der Waals surface area contributed by atoms with Crippen LogP contribution in [0.25, 0.3) is 0 Å². The van der Waals surface area contributed by atoms with Crippen LogP contribution in [0.1, 0.15) is 34.5 Å². The summed E-state index contributed by atoms with van der Waals surface area (Å²) in [5.41, 5.74) is 4.63. The smallest absolute Gasteiger partial charge is 0.262 e. The molecule has 0 spiro atoms. The summed E-state index contributed by atoms with van der Waals surface area (Å²) in [7, 11) is 0. The number of pyridine rings is 1. The number of nitrogens with zero attached hydrogens (tertiary/aromatic N) is 3. The summed E-state index contributed by atoms with van der Waals surface area (Å²) in [5, 5.41) is 0. The molecule has 5 heteroatoms. The Morgan fingerprint density at radius 1 is 1.03 bits per heavy atom. The Labute approximate surface area is 170 Å². The molecule has 0 radical (unpaired) electrons. The molecule has 2 aliphatic rings. The van der Waals surface area contributed by atoms with E-state index in [1.165, 1.54) is 12.8 Å². The monoisotopic (exact) mass is 385 g/mol. The number of benzene rings is 2. The molecule has 0 atom stereocenters. The molecule has 5 rings (SSSR count). The molecule has 1 saturated carbocycles. The van der Waals surface area contributed by atoms with Crippen molar-refractivity contribution >= 4 is 17.3 Å². The van der Waals surface area contributed by atoms with Gasteiger partial charge in [0.15, 0.2) is 0 Å². The largest absolute Gasteiger partial charge is 0.487 e. The second kappa shape index (κ2) is 7.24.